The lowest BCUT2D eigenvalue weighted by Gasteiger charge is -2.09. The Morgan fingerprint density at radius 1 is 0.767 bits per heavy atom. The molecule has 0 aliphatic carbocycles. The van der Waals surface area contributed by atoms with Gasteiger partial charge in [-0.1, -0.05) is 25.5 Å². The number of thioether (sulfide) groups is 1. The molecule has 16 heteroatoms. The minimum atomic E-state index is -5.67. The van der Waals surface area contributed by atoms with Crippen molar-refractivity contribution in [2.24, 2.45) is 0 Å². The molecule has 0 fully saturated rings. The van der Waals surface area contributed by atoms with Gasteiger partial charge in [-0.15, -0.1) is 0 Å². The molecule has 0 radical (unpaired) electrons. The van der Waals surface area contributed by atoms with Gasteiger partial charge in [-0.2, -0.15) is 11.8 Å². The molecule has 1 rings (SSSR count). The second-order valence-electron chi connectivity index (χ2n) is 5.76. The van der Waals surface area contributed by atoms with Crippen LogP contribution < -0.4 is 0 Å². The number of rotatable bonds is 11. The second-order valence-corrected chi connectivity index (χ2v) is 14.7. The van der Waals surface area contributed by atoms with Crippen LogP contribution in [0, 0.1) is 0 Å². The van der Waals surface area contributed by atoms with Gasteiger partial charge in [0.05, 0.1) is 20.8 Å². The van der Waals surface area contributed by atoms with Crippen LogP contribution in [0.4, 0.5) is 0 Å². The Morgan fingerprint density at radius 3 is 1.67 bits per heavy atom. The second kappa shape index (κ2) is 12.3. The zero-order valence-corrected chi connectivity index (χ0v) is 19.9. The summed E-state index contributed by atoms with van der Waals surface area (Å²) >= 11 is 1.63. The minimum absolute atomic E-state index is 0.0929. The third-order valence-corrected chi connectivity index (χ3v) is 9.08. The zero-order chi connectivity index (χ0) is 23.6. The van der Waals surface area contributed by atoms with Gasteiger partial charge in [-0.05, 0) is 36.3 Å². The first-order valence-electron chi connectivity index (χ1n) is 8.24. The lowest BCUT2D eigenvalue weighted by molar-refractivity contribution is 0.440. The standard InChI is InChI=1S/C14H22O5S3.H2O6S2/c1-2-3-9-20-10-12-21(15,16)14-6-4-13(5-7-14)8-11-22(17,18)19;1-7(2,3)8(4,5)6/h4-7H,2-3,8-12H2,1H3,(H,17,18,19);(H,1,2,3)(H,4,5,6)/p-3. The topological polar surface area (TPSA) is 206 Å². The molecule has 1 aromatic rings. The van der Waals surface area contributed by atoms with E-state index in [0.29, 0.717) is 11.3 Å². The Labute approximate surface area is 180 Å². The molecule has 1 aromatic carbocycles. The van der Waals surface area contributed by atoms with Crippen molar-refractivity contribution >= 4 is 50.0 Å². The highest BCUT2D eigenvalue weighted by atomic mass is 33.2. The molecular weight excluding hydrogens is 504 g/mol. The molecule has 0 aliphatic rings. The molecule has 0 bridgehead atoms. The van der Waals surface area contributed by atoms with E-state index in [2.05, 4.69) is 6.92 Å². The highest BCUT2D eigenvalue weighted by molar-refractivity contribution is 8.62. The van der Waals surface area contributed by atoms with Crippen molar-refractivity contribution in [3.05, 3.63) is 29.8 Å². The summed E-state index contributed by atoms with van der Waals surface area (Å²) in [5, 5.41) is 0. The molecule has 0 heterocycles. The molecule has 11 nitrogen and oxygen atoms in total. The van der Waals surface area contributed by atoms with Gasteiger partial charge < -0.3 is 13.7 Å². The van der Waals surface area contributed by atoms with E-state index in [1.807, 2.05) is 0 Å². The third-order valence-electron chi connectivity index (χ3n) is 3.31. The number of unbranched alkanes of at least 4 members (excludes halogenated alkanes) is 1. The molecular formula is C14H21O11S5-3. The predicted octanol–water partition coefficient (Wildman–Crippen LogP) is 0.0731. The fraction of sp³-hybridized carbons (Fsp3) is 0.571. The van der Waals surface area contributed by atoms with Crippen LogP contribution >= 0.6 is 11.8 Å². The summed E-state index contributed by atoms with van der Waals surface area (Å²) in [4.78, 5) is 0.234. The van der Waals surface area contributed by atoms with Gasteiger partial charge in [0.2, 0.25) is 0 Å². The molecule has 0 unspecified atom stereocenters. The molecule has 176 valence electrons. The van der Waals surface area contributed by atoms with Crippen molar-refractivity contribution in [1.29, 1.82) is 0 Å². The molecule has 0 aromatic heterocycles. The van der Waals surface area contributed by atoms with Crippen LogP contribution in [0.25, 0.3) is 0 Å². The highest BCUT2D eigenvalue weighted by Gasteiger charge is 2.14. The number of hydrogen-bond donors (Lipinski definition) is 0. The van der Waals surface area contributed by atoms with Gasteiger partial charge in [0.15, 0.2) is 28.1 Å². The summed E-state index contributed by atoms with van der Waals surface area (Å²) in [5.41, 5.74) is 0.635. The van der Waals surface area contributed by atoms with Gasteiger partial charge in [0.25, 0.3) is 0 Å². The van der Waals surface area contributed by atoms with Crippen molar-refractivity contribution in [3.8, 4) is 0 Å². The molecule has 0 saturated heterocycles. The Hall–Kier alpha value is -0.750. The van der Waals surface area contributed by atoms with Gasteiger partial charge in [-0.3, -0.25) is 0 Å². The normalized spacial score (nSPS) is 12.8. The van der Waals surface area contributed by atoms with Gasteiger partial charge in [0.1, 0.15) is 0 Å². The van der Waals surface area contributed by atoms with E-state index >= 15 is 0 Å². The van der Waals surface area contributed by atoms with Crippen LogP contribution in [0.1, 0.15) is 25.3 Å². The maximum atomic E-state index is 12.1. The largest absolute Gasteiger partial charge is 0.748 e. The van der Waals surface area contributed by atoms with Crippen molar-refractivity contribution in [2.45, 2.75) is 31.1 Å². The average molecular weight is 526 g/mol. The van der Waals surface area contributed by atoms with Crippen LogP contribution in [-0.4, -0.2) is 70.3 Å². The average Bonchev–Trinajstić information content (AvgIpc) is 2.58. The van der Waals surface area contributed by atoms with Crippen LogP contribution in [0.15, 0.2) is 29.2 Å². The van der Waals surface area contributed by atoms with Crippen LogP contribution in [0.3, 0.4) is 0 Å². The van der Waals surface area contributed by atoms with E-state index in [1.54, 1.807) is 23.9 Å². The predicted molar refractivity (Wildman–Crippen MR) is 108 cm³/mol. The van der Waals surface area contributed by atoms with Gasteiger partial charge in [-0.25, -0.2) is 33.7 Å². The van der Waals surface area contributed by atoms with Crippen molar-refractivity contribution in [1.82, 2.24) is 0 Å². The van der Waals surface area contributed by atoms with E-state index in [1.165, 1.54) is 12.1 Å². The monoisotopic (exact) mass is 525 g/mol. The number of sulfone groups is 1. The minimum Gasteiger partial charge on any atom is -0.748 e. The molecule has 30 heavy (non-hydrogen) atoms. The summed E-state index contributed by atoms with van der Waals surface area (Å²) in [7, 11) is -18.9. The Bertz CT molecular complexity index is 1040. The molecule has 0 saturated carbocycles. The first kappa shape index (κ1) is 29.2. The zero-order valence-electron chi connectivity index (χ0n) is 15.8. The van der Waals surface area contributed by atoms with Crippen LogP contribution in [0.2, 0.25) is 0 Å². The van der Waals surface area contributed by atoms with E-state index in [9.17, 15) is 47.3 Å². The first-order chi connectivity index (χ1) is 13.5. The number of hydrogen-bond acceptors (Lipinski definition) is 12. The molecule has 0 aliphatic heterocycles. The molecule has 0 amide bonds. The van der Waals surface area contributed by atoms with E-state index in [0.717, 1.165) is 18.6 Å². The maximum Gasteiger partial charge on any atom is 0.191 e. The summed E-state index contributed by atoms with van der Waals surface area (Å²) in [6.45, 7) is 2.09. The quantitative estimate of drug-likeness (QED) is 0.214. The van der Waals surface area contributed by atoms with Crippen LogP contribution in [0.5, 0.6) is 0 Å². The van der Waals surface area contributed by atoms with Crippen molar-refractivity contribution < 1.29 is 47.3 Å². The fourth-order valence-electron chi connectivity index (χ4n) is 1.74. The fourth-order valence-corrected chi connectivity index (χ4v) is 5.06. The third kappa shape index (κ3) is 12.8. The summed E-state index contributed by atoms with van der Waals surface area (Å²) < 4.78 is 111. The van der Waals surface area contributed by atoms with Crippen molar-refractivity contribution in [2.75, 3.05) is 23.0 Å². The number of benzene rings is 1. The summed E-state index contributed by atoms with van der Waals surface area (Å²) in [6, 6.07) is 6.06. The Kier molecular flexibility index (Phi) is 12.0. The van der Waals surface area contributed by atoms with E-state index < -0.39 is 44.0 Å². The molecule has 0 N–H and O–H groups in total. The first-order valence-corrected chi connectivity index (χ1v) is 16.0. The SMILES string of the molecule is CCCCSCCS(=O)(=O)c1ccc(CCS(=O)(=O)[O-])cc1.O=S(=O)([O-])S(=O)(=O)[O-]. The highest BCUT2D eigenvalue weighted by Crippen LogP contribution is 2.15. The molecule has 0 atom stereocenters. The van der Waals surface area contributed by atoms with Gasteiger partial charge >= 0.3 is 0 Å². The lowest BCUT2D eigenvalue weighted by atomic mass is 10.2. The maximum absolute atomic E-state index is 12.1. The lowest BCUT2D eigenvalue weighted by Crippen LogP contribution is -2.12. The van der Waals surface area contributed by atoms with E-state index in [4.69, 9.17) is 0 Å². The number of aryl methyl sites for hydroxylation is 1. The Balaban J connectivity index is 0.000000890. The summed E-state index contributed by atoms with van der Waals surface area (Å²) in [5.74, 6) is 1.15. The van der Waals surface area contributed by atoms with E-state index in [-0.39, 0.29) is 17.1 Å². The van der Waals surface area contributed by atoms with Crippen LogP contribution in [-0.2, 0) is 44.7 Å². The summed E-state index contributed by atoms with van der Waals surface area (Å²) in [6.07, 6.45) is 2.28. The Morgan fingerprint density at radius 2 is 1.27 bits per heavy atom. The van der Waals surface area contributed by atoms with Crippen molar-refractivity contribution in [3.63, 3.8) is 0 Å². The molecule has 0 spiro atoms. The smallest absolute Gasteiger partial charge is 0.191 e. The van der Waals surface area contributed by atoms with Gasteiger partial charge in [0, 0.05) is 11.5 Å².